The van der Waals surface area contributed by atoms with E-state index in [1.54, 1.807) is 6.33 Å². The minimum atomic E-state index is 0.880. The van der Waals surface area contributed by atoms with Crippen LogP contribution in [0.1, 0.15) is 25.8 Å². The Bertz CT molecular complexity index is 285. The summed E-state index contributed by atoms with van der Waals surface area (Å²) < 4.78 is 0. The zero-order chi connectivity index (χ0) is 10.4. The van der Waals surface area contributed by atoms with Crippen molar-refractivity contribution in [3.05, 3.63) is 11.9 Å². The average molecular weight is 194 g/mol. The molecule has 0 saturated heterocycles. The fourth-order valence-corrected chi connectivity index (χ4v) is 1.22. The molecule has 14 heavy (non-hydrogen) atoms. The molecule has 0 atom stereocenters. The van der Waals surface area contributed by atoms with Crippen LogP contribution >= 0.6 is 0 Å². The molecule has 0 spiro atoms. The van der Waals surface area contributed by atoms with Crippen molar-refractivity contribution in [3.63, 3.8) is 0 Å². The van der Waals surface area contributed by atoms with Crippen molar-refractivity contribution in [3.8, 4) is 0 Å². The minimum absolute atomic E-state index is 0.880. The number of hydrogen-bond acceptors (Lipinski definition) is 4. The first kappa shape index (κ1) is 10.8. The monoisotopic (exact) mass is 194 g/mol. The van der Waals surface area contributed by atoms with Crippen LogP contribution in [-0.2, 0) is 0 Å². The Kier molecular flexibility index (Phi) is 4.16. The first-order valence-corrected chi connectivity index (χ1v) is 5.08. The Labute approximate surface area is 85.2 Å². The number of nitrogens with zero attached hydrogens (tertiary/aromatic N) is 2. The highest BCUT2D eigenvalue weighted by Crippen LogP contribution is 2.17. The van der Waals surface area contributed by atoms with E-state index in [2.05, 4.69) is 34.4 Å². The molecule has 1 aromatic heterocycles. The summed E-state index contributed by atoms with van der Waals surface area (Å²) in [4.78, 5) is 8.37. The Morgan fingerprint density at radius 1 is 1.14 bits per heavy atom. The molecule has 0 saturated carbocycles. The lowest BCUT2D eigenvalue weighted by molar-refractivity contribution is 0.958. The number of nitrogens with one attached hydrogen (secondary N) is 2. The lowest BCUT2D eigenvalue weighted by atomic mass is 10.3. The quantitative estimate of drug-likeness (QED) is 0.753. The van der Waals surface area contributed by atoms with Crippen LogP contribution in [0.4, 0.5) is 11.6 Å². The average Bonchev–Trinajstić information content (AvgIpc) is 2.20. The van der Waals surface area contributed by atoms with E-state index in [1.165, 1.54) is 0 Å². The van der Waals surface area contributed by atoms with Gasteiger partial charge in [-0.25, -0.2) is 9.97 Å². The van der Waals surface area contributed by atoms with Crippen LogP contribution in [-0.4, -0.2) is 23.1 Å². The van der Waals surface area contributed by atoms with Crippen LogP contribution in [0, 0.1) is 6.92 Å². The summed E-state index contributed by atoms with van der Waals surface area (Å²) in [5, 5.41) is 6.47. The maximum atomic E-state index is 4.20. The molecule has 4 heteroatoms. The molecule has 0 aliphatic heterocycles. The largest absolute Gasteiger partial charge is 0.370 e. The summed E-state index contributed by atoms with van der Waals surface area (Å²) in [6, 6.07) is 0. The topological polar surface area (TPSA) is 49.8 Å². The maximum absolute atomic E-state index is 4.20. The van der Waals surface area contributed by atoms with Crippen molar-refractivity contribution in [1.29, 1.82) is 0 Å². The van der Waals surface area contributed by atoms with Crippen molar-refractivity contribution in [2.24, 2.45) is 0 Å². The predicted molar refractivity (Wildman–Crippen MR) is 59.7 cm³/mol. The van der Waals surface area contributed by atoms with Crippen LogP contribution in [0.2, 0.25) is 0 Å². The van der Waals surface area contributed by atoms with Crippen molar-refractivity contribution in [1.82, 2.24) is 9.97 Å². The van der Waals surface area contributed by atoms with Gasteiger partial charge in [0, 0.05) is 18.7 Å². The summed E-state index contributed by atoms with van der Waals surface area (Å²) >= 11 is 0. The van der Waals surface area contributed by atoms with Crippen molar-refractivity contribution < 1.29 is 0 Å². The van der Waals surface area contributed by atoms with Gasteiger partial charge in [-0.15, -0.1) is 0 Å². The standard InChI is InChI=1S/C10H18N4/c1-4-6-12-10-8(3)9(11-5-2)13-7-14-10/h7H,4-6H2,1-3H3,(H2,11,12,13,14). The molecule has 2 N–H and O–H groups in total. The van der Waals surface area contributed by atoms with Gasteiger partial charge in [-0.1, -0.05) is 6.92 Å². The van der Waals surface area contributed by atoms with Crippen LogP contribution in [0.25, 0.3) is 0 Å². The Morgan fingerprint density at radius 2 is 1.79 bits per heavy atom. The third-order valence-electron chi connectivity index (χ3n) is 1.97. The first-order valence-electron chi connectivity index (χ1n) is 5.08. The number of hydrogen-bond donors (Lipinski definition) is 2. The van der Waals surface area contributed by atoms with Crippen molar-refractivity contribution >= 4 is 11.6 Å². The lowest BCUT2D eigenvalue weighted by Gasteiger charge is -2.10. The van der Waals surface area contributed by atoms with Gasteiger partial charge < -0.3 is 10.6 Å². The summed E-state index contributed by atoms with van der Waals surface area (Å²) in [6.45, 7) is 8.04. The molecule has 0 unspecified atom stereocenters. The van der Waals surface area contributed by atoms with Gasteiger partial charge in [0.2, 0.25) is 0 Å². The van der Waals surface area contributed by atoms with Gasteiger partial charge in [0.25, 0.3) is 0 Å². The predicted octanol–water partition coefficient (Wildman–Crippen LogP) is 2.04. The molecule has 0 fully saturated rings. The van der Waals surface area contributed by atoms with Crippen LogP contribution in [0.15, 0.2) is 6.33 Å². The number of anilines is 2. The molecule has 78 valence electrons. The van der Waals surface area contributed by atoms with Gasteiger partial charge in [-0.3, -0.25) is 0 Å². The SMILES string of the molecule is CCCNc1ncnc(NCC)c1C. The molecule has 0 aliphatic carbocycles. The Morgan fingerprint density at radius 3 is 2.36 bits per heavy atom. The van der Waals surface area contributed by atoms with E-state index < -0.39 is 0 Å². The van der Waals surface area contributed by atoms with Crippen LogP contribution in [0.5, 0.6) is 0 Å². The molecule has 1 aromatic rings. The maximum Gasteiger partial charge on any atom is 0.134 e. The normalized spacial score (nSPS) is 9.93. The Balaban J connectivity index is 2.78. The van der Waals surface area contributed by atoms with Gasteiger partial charge in [0.1, 0.15) is 18.0 Å². The fraction of sp³-hybridized carbons (Fsp3) is 0.600. The van der Waals surface area contributed by atoms with Crippen LogP contribution in [0.3, 0.4) is 0 Å². The minimum Gasteiger partial charge on any atom is -0.370 e. The van der Waals surface area contributed by atoms with Gasteiger partial charge in [-0.05, 0) is 20.3 Å². The molecule has 0 aliphatic rings. The van der Waals surface area contributed by atoms with E-state index >= 15 is 0 Å². The zero-order valence-corrected chi connectivity index (χ0v) is 9.09. The zero-order valence-electron chi connectivity index (χ0n) is 9.09. The number of aromatic nitrogens is 2. The second-order valence-corrected chi connectivity index (χ2v) is 3.15. The molecular weight excluding hydrogens is 176 g/mol. The highest BCUT2D eigenvalue weighted by atomic mass is 15.1. The highest BCUT2D eigenvalue weighted by Gasteiger charge is 2.04. The molecule has 0 aromatic carbocycles. The molecule has 1 heterocycles. The second kappa shape index (κ2) is 5.42. The van der Waals surface area contributed by atoms with Crippen molar-refractivity contribution in [2.45, 2.75) is 27.2 Å². The summed E-state index contributed by atoms with van der Waals surface area (Å²) in [7, 11) is 0. The third-order valence-corrected chi connectivity index (χ3v) is 1.97. The van der Waals surface area contributed by atoms with Gasteiger partial charge in [-0.2, -0.15) is 0 Å². The highest BCUT2D eigenvalue weighted by molar-refractivity contribution is 5.56. The first-order chi connectivity index (χ1) is 6.79. The summed E-state index contributed by atoms with van der Waals surface area (Å²) in [5.41, 5.74) is 1.09. The van der Waals surface area contributed by atoms with E-state index in [-0.39, 0.29) is 0 Å². The van der Waals surface area contributed by atoms with E-state index in [0.29, 0.717) is 0 Å². The summed E-state index contributed by atoms with van der Waals surface area (Å²) in [6.07, 6.45) is 2.68. The van der Waals surface area contributed by atoms with E-state index in [9.17, 15) is 0 Å². The molecule has 0 radical (unpaired) electrons. The third kappa shape index (κ3) is 2.58. The van der Waals surface area contributed by atoms with Crippen molar-refractivity contribution in [2.75, 3.05) is 23.7 Å². The Hall–Kier alpha value is -1.32. The summed E-state index contributed by atoms with van der Waals surface area (Å²) in [5.74, 6) is 1.85. The van der Waals surface area contributed by atoms with Gasteiger partial charge in [0.15, 0.2) is 0 Å². The van der Waals surface area contributed by atoms with E-state index in [1.807, 2.05) is 6.92 Å². The lowest BCUT2D eigenvalue weighted by Crippen LogP contribution is -2.08. The molecule has 4 nitrogen and oxygen atoms in total. The molecule has 0 bridgehead atoms. The molecule has 1 rings (SSSR count). The second-order valence-electron chi connectivity index (χ2n) is 3.15. The van der Waals surface area contributed by atoms with Crippen LogP contribution < -0.4 is 10.6 Å². The molecular formula is C10H18N4. The van der Waals surface area contributed by atoms with Gasteiger partial charge >= 0.3 is 0 Å². The van der Waals surface area contributed by atoms with E-state index in [0.717, 1.165) is 36.7 Å². The van der Waals surface area contributed by atoms with E-state index in [4.69, 9.17) is 0 Å². The smallest absolute Gasteiger partial charge is 0.134 e. The molecule has 0 amide bonds. The number of rotatable bonds is 5. The van der Waals surface area contributed by atoms with Gasteiger partial charge in [0.05, 0.1) is 0 Å². The fourth-order valence-electron chi connectivity index (χ4n) is 1.22.